The van der Waals surface area contributed by atoms with Gasteiger partial charge in [0.2, 0.25) is 0 Å². The van der Waals surface area contributed by atoms with Gasteiger partial charge in [-0.1, -0.05) is 30.7 Å². The van der Waals surface area contributed by atoms with Crippen LogP contribution in [0.15, 0.2) is 18.2 Å². The highest BCUT2D eigenvalue weighted by molar-refractivity contribution is 5.69. The highest BCUT2D eigenvalue weighted by Gasteiger charge is 2.19. The Hall–Kier alpha value is -1.35. The standard InChI is InChI=1S/C15H23NO2/c1-5-8-16(10-15(17)18)13(4)14-9-11(2)6-7-12(14)3/h6-7,9,13H,5,8,10H2,1-4H3,(H,17,18). The van der Waals surface area contributed by atoms with Crippen LogP contribution in [0.3, 0.4) is 0 Å². The summed E-state index contributed by atoms with van der Waals surface area (Å²) < 4.78 is 0. The maximum absolute atomic E-state index is 10.9. The maximum atomic E-state index is 10.9. The monoisotopic (exact) mass is 249 g/mol. The largest absolute Gasteiger partial charge is 0.480 e. The van der Waals surface area contributed by atoms with E-state index in [0.717, 1.165) is 13.0 Å². The molecule has 1 N–H and O–H groups in total. The highest BCUT2D eigenvalue weighted by atomic mass is 16.4. The van der Waals surface area contributed by atoms with Gasteiger partial charge in [0, 0.05) is 6.04 Å². The number of carbonyl (C=O) groups is 1. The molecule has 1 rings (SSSR count). The first kappa shape index (κ1) is 14.7. The molecule has 0 aromatic heterocycles. The molecule has 18 heavy (non-hydrogen) atoms. The van der Waals surface area contributed by atoms with E-state index in [1.54, 1.807) is 0 Å². The van der Waals surface area contributed by atoms with E-state index >= 15 is 0 Å². The van der Waals surface area contributed by atoms with Crippen LogP contribution in [0.4, 0.5) is 0 Å². The van der Waals surface area contributed by atoms with Crippen molar-refractivity contribution in [2.45, 2.75) is 40.2 Å². The molecular weight excluding hydrogens is 226 g/mol. The third-order valence-electron chi connectivity index (χ3n) is 3.28. The van der Waals surface area contributed by atoms with Gasteiger partial charge in [0.1, 0.15) is 0 Å². The molecule has 0 fully saturated rings. The van der Waals surface area contributed by atoms with Crippen molar-refractivity contribution in [3.05, 3.63) is 34.9 Å². The number of hydrogen-bond acceptors (Lipinski definition) is 2. The van der Waals surface area contributed by atoms with E-state index in [0.29, 0.717) is 0 Å². The van der Waals surface area contributed by atoms with Gasteiger partial charge < -0.3 is 5.11 Å². The fraction of sp³-hybridized carbons (Fsp3) is 0.533. The van der Waals surface area contributed by atoms with Crippen LogP contribution in [0.25, 0.3) is 0 Å². The fourth-order valence-electron chi connectivity index (χ4n) is 2.28. The molecular formula is C15H23NO2. The summed E-state index contributed by atoms with van der Waals surface area (Å²) >= 11 is 0. The summed E-state index contributed by atoms with van der Waals surface area (Å²) in [5.74, 6) is -0.763. The zero-order valence-corrected chi connectivity index (χ0v) is 11.7. The van der Waals surface area contributed by atoms with Crippen LogP contribution >= 0.6 is 0 Å². The van der Waals surface area contributed by atoms with Crippen LogP contribution in [0.5, 0.6) is 0 Å². The molecule has 1 atom stereocenters. The van der Waals surface area contributed by atoms with Gasteiger partial charge in [0.05, 0.1) is 6.54 Å². The highest BCUT2D eigenvalue weighted by Crippen LogP contribution is 2.24. The SMILES string of the molecule is CCCN(CC(=O)O)C(C)c1cc(C)ccc1C. The second-order valence-electron chi connectivity index (χ2n) is 4.90. The number of aryl methyl sites for hydroxylation is 2. The van der Waals surface area contributed by atoms with Gasteiger partial charge in [-0.3, -0.25) is 9.69 Å². The molecule has 0 aliphatic carbocycles. The van der Waals surface area contributed by atoms with E-state index in [1.165, 1.54) is 16.7 Å². The van der Waals surface area contributed by atoms with E-state index in [1.807, 2.05) is 4.90 Å². The first-order chi connectivity index (χ1) is 8.45. The molecule has 0 aliphatic rings. The quantitative estimate of drug-likeness (QED) is 0.842. The normalized spacial score (nSPS) is 12.7. The Bertz CT molecular complexity index is 415. The molecule has 0 saturated heterocycles. The van der Waals surface area contributed by atoms with Gasteiger partial charge in [-0.05, 0) is 44.9 Å². The molecule has 3 nitrogen and oxygen atoms in total. The minimum absolute atomic E-state index is 0.0996. The van der Waals surface area contributed by atoms with E-state index < -0.39 is 5.97 Å². The smallest absolute Gasteiger partial charge is 0.317 e. The van der Waals surface area contributed by atoms with Gasteiger partial charge in [-0.25, -0.2) is 0 Å². The molecule has 1 unspecified atom stereocenters. The first-order valence-corrected chi connectivity index (χ1v) is 6.48. The van der Waals surface area contributed by atoms with Crippen LogP contribution in [0, 0.1) is 13.8 Å². The van der Waals surface area contributed by atoms with Crippen LogP contribution in [0.2, 0.25) is 0 Å². The average molecular weight is 249 g/mol. The Labute approximate surface area is 109 Å². The predicted molar refractivity (Wildman–Crippen MR) is 73.8 cm³/mol. The first-order valence-electron chi connectivity index (χ1n) is 6.48. The van der Waals surface area contributed by atoms with E-state index in [-0.39, 0.29) is 12.6 Å². The van der Waals surface area contributed by atoms with Gasteiger partial charge in [0.15, 0.2) is 0 Å². The van der Waals surface area contributed by atoms with Crippen LogP contribution in [-0.4, -0.2) is 29.1 Å². The maximum Gasteiger partial charge on any atom is 0.317 e. The fourth-order valence-corrected chi connectivity index (χ4v) is 2.28. The number of benzene rings is 1. The van der Waals surface area contributed by atoms with Crippen molar-refractivity contribution in [1.82, 2.24) is 4.90 Å². The lowest BCUT2D eigenvalue weighted by molar-refractivity contribution is -0.138. The summed E-state index contributed by atoms with van der Waals surface area (Å²) in [4.78, 5) is 12.9. The lowest BCUT2D eigenvalue weighted by Crippen LogP contribution is -2.33. The lowest BCUT2D eigenvalue weighted by atomic mass is 9.98. The number of aliphatic carboxylic acids is 1. The molecule has 3 heteroatoms. The number of carboxylic acid groups (broad SMARTS) is 1. The number of rotatable bonds is 6. The number of carboxylic acids is 1. The third kappa shape index (κ3) is 3.84. The summed E-state index contributed by atoms with van der Waals surface area (Å²) in [6.07, 6.45) is 0.961. The topological polar surface area (TPSA) is 40.5 Å². The number of hydrogen-bond donors (Lipinski definition) is 1. The van der Waals surface area contributed by atoms with E-state index in [9.17, 15) is 4.79 Å². The Morgan fingerprint density at radius 2 is 2.06 bits per heavy atom. The van der Waals surface area contributed by atoms with Crippen molar-refractivity contribution in [1.29, 1.82) is 0 Å². The van der Waals surface area contributed by atoms with Crippen LogP contribution < -0.4 is 0 Å². The Morgan fingerprint density at radius 3 is 2.61 bits per heavy atom. The van der Waals surface area contributed by atoms with Crippen molar-refractivity contribution < 1.29 is 9.90 Å². The molecule has 0 radical (unpaired) electrons. The molecule has 0 spiro atoms. The zero-order valence-electron chi connectivity index (χ0n) is 11.7. The van der Waals surface area contributed by atoms with Crippen molar-refractivity contribution in [3.8, 4) is 0 Å². The minimum Gasteiger partial charge on any atom is -0.480 e. The number of nitrogens with zero attached hydrogens (tertiary/aromatic N) is 1. The summed E-state index contributed by atoms with van der Waals surface area (Å²) in [5.41, 5.74) is 3.67. The summed E-state index contributed by atoms with van der Waals surface area (Å²) in [6.45, 7) is 9.21. The van der Waals surface area contributed by atoms with Gasteiger partial charge >= 0.3 is 5.97 Å². The zero-order chi connectivity index (χ0) is 13.7. The van der Waals surface area contributed by atoms with Crippen molar-refractivity contribution >= 4 is 5.97 Å². The molecule has 0 saturated carbocycles. The molecule has 1 aromatic rings. The Balaban J connectivity index is 2.96. The molecule has 0 amide bonds. The second-order valence-corrected chi connectivity index (χ2v) is 4.90. The summed E-state index contributed by atoms with van der Waals surface area (Å²) in [6, 6.07) is 6.49. The van der Waals surface area contributed by atoms with Gasteiger partial charge in [-0.2, -0.15) is 0 Å². The molecule has 0 bridgehead atoms. The second kappa shape index (κ2) is 6.55. The molecule has 100 valence electrons. The Morgan fingerprint density at radius 1 is 1.39 bits per heavy atom. The predicted octanol–water partition coefficient (Wildman–Crippen LogP) is 3.16. The summed E-state index contributed by atoms with van der Waals surface area (Å²) in [7, 11) is 0. The van der Waals surface area contributed by atoms with E-state index in [2.05, 4.69) is 45.9 Å². The summed E-state index contributed by atoms with van der Waals surface area (Å²) in [5, 5.41) is 8.99. The molecule has 0 heterocycles. The lowest BCUT2D eigenvalue weighted by Gasteiger charge is -2.28. The van der Waals surface area contributed by atoms with Crippen molar-refractivity contribution in [2.75, 3.05) is 13.1 Å². The van der Waals surface area contributed by atoms with Crippen LogP contribution in [-0.2, 0) is 4.79 Å². The van der Waals surface area contributed by atoms with Crippen LogP contribution in [0.1, 0.15) is 43.0 Å². The van der Waals surface area contributed by atoms with Gasteiger partial charge in [0.25, 0.3) is 0 Å². The Kier molecular flexibility index (Phi) is 5.35. The van der Waals surface area contributed by atoms with Crippen molar-refractivity contribution in [2.24, 2.45) is 0 Å². The average Bonchev–Trinajstić information content (AvgIpc) is 2.30. The molecule has 0 aliphatic heterocycles. The third-order valence-corrected chi connectivity index (χ3v) is 3.28. The minimum atomic E-state index is -0.763. The van der Waals surface area contributed by atoms with Gasteiger partial charge in [-0.15, -0.1) is 0 Å². The van der Waals surface area contributed by atoms with E-state index in [4.69, 9.17) is 5.11 Å². The molecule has 1 aromatic carbocycles. The van der Waals surface area contributed by atoms with Crippen molar-refractivity contribution in [3.63, 3.8) is 0 Å².